The summed E-state index contributed by atoms with van der Waals surface area (Å²) in [6.45, 7) is 26.5. The second-order valence-corrected chi connectivity index (χ2v) is 32.1. The third-order valence-electron chi connectivity index (χ3n) is 12.6. The van der Waals surface area contributed by atoms with Gasteiger partial charge in [-0.3, -0.25) is 9.63 Å². The summed E-state index contributed by atoms with van der Waals surface area (Å²) in [5, 5.41) is 27.6. The number of esters is 1. The molecule has 0 bridgehead atoms. The molecule has 1 aliphatic carbocycles. The number of carbonyl (C=O) groups is 2. The van der Waals surface area contributed by atoms with Crippen molar-refractivity contribution in [3.05, 3.63) is 71.8 Å². The summed E-state index contributed by atoms with van der Waals surface area (Å²) in [7, 11) is -9.61. The molecule has 11 nitrogen and oxygen atoms in total. The summed E-state index contributed by atoms with van der Waals surface area (Å²) in [5.41, 5.74) is -2.97. The van der Waals surface area contributed by atoms with Gasteiger partial charge >= 0.3 is 23.1 Å². The lowest BCUT2D eigenvalue weighted by Gasteiger charge is -2.65. The minimum Gasteiger partial charge on any atom is -0.459 e. The molecule has 3 fully saturated rings. The van der Waals surface area contributed by atoms with Gasteiger partial charge in [0.1, 0.15) is 43.2 Å². The molecule has 0 radical (unpaired) electrons. The van der Waals surface area contributed by atoms with Crippen LogP contribution in [0.1, 0.15) is 98.5 Å². The van der Waals surface area contributed by atoms with Crippen molar-refractivity contribution in [1.82, 2.24) is 5.06 Å². The van der Waals surface area contributed by atoms with Crippen LogP contribution in [0.3, 0.4) is 0 Å². The number of amides is 1. The lowest BCUT2D eigenvalue weighted by Crippen LogP contribution is -2.87. The number of carbonyl (C=O) groups excluding carboxylic acids is 2. The van der Waals surface area contributed by atoms with Crippen molar-refractivity contribution < 1.29 is 46.8 Å². The zero-order valence-electron chi connectivity index (χ0n) is 35.1. The molecular weight excluding hydrogens is 751 g/mol. The number of fused-ring (bicyclic) bond motifs is 2. The summed E-state index contributed by atoms with van der Waals surface area (Å²) >= 11 is 0. The van der Waals surface area contributed by atoms with Gasteiger partial charge in [0.25, 0.3) is 0 Å². The van der Waals surface area contributed by atoms with Gasteiger partial charge in [-0.1, -0.05) is 125 Å². The van der Waals surface area contributed by atoms with Crippen molar-refractivity contribution in [2.75, 3.05) is 6.61 Å². The van der Waals surface area contributed by atoms with Gasteiger partial charge in [0, 0.05) is 0 Å². The first-order valence-electron chi connectivity index (χ1n) is 19.9. The maximum absolute atomic E-state index is 13.9. The van der Waals surface area contributed by atoms with Gasteiger partial charge in [-0.05, 0) is 58.0 Å². The fourth-order valence-electron chi connectivity index (χ4n) is 8.30. The molecule has 1 amide bonds. The summed E-state index contributed by atoms with van der Waals surface area (Å²) in [6.07, 6.45) is -5.52. The largest absolute Gasteiger partial charge is 0.459 e. The molecule has 306 valence electrons. The highest BCUT2D eigenvalue weighted by atomic mass is 28.5. The minimum atomic E-state index is -3.41. The fourth-order valence-corrected chi connectivity index (χ4v) is 21.0. The van der Waals surface area contributed by atoms with Crippen LogP contribution >= 0.6 is 0 Å². The number of hydroxylamine groups is 2. The maximum atomic E-state index is 13.9. The number of hydrogen-bond acceptors (Lipinski definition) is 10. The monoisotopic (exact) mass is 815 g/mol. The molecule has 1 saturated carbocycles. The van der Waals surface area contributed by atoms with Gasteiger partial charge in [-0.15, -0.1) is 0 Å². The van der Waals surface area contributed by atoms with Crippen molar-refractivity contribution in [3.63, 3.8) is 0 Å². The topological polar surface area (TPSA) is 133 Å². The standard InChI is InChI=1S/C41H65NO10Si3/c1-27(2)54(28(3)4)50-36-37(51-55(52-54,29(5)6)30(7)8)41(46,26-47-38(45)32-22-18-15-19-23-32)35(49-53(12,13)39(9,10)11)34(44)40(36)24-33(43)42(40)48-25-31-20-16-14-17-21-31/h14-23,27-30,34-37,44,46H,24-26H2,1-13H3/t34-,35+,36+,37-,40+,41-/m0/s1. The molecule has 2 heterocycles. The Kier molecular flexibility index (Phi) is 12.6. The van der Waals surface area contributed by atoms with E-state index in [1.165, 1.54) is 5.06 Å². The highest BCUT2D eigenvalue weighted by Gasteiger charge is 2.78. The molecular formula is C41H65NO10Si3. The number of benzene rings is 2. The van der Waals surface area contributed by atoms with E-state index in [2.05, 4.69) is 76.2 Å². The van der Waals surface area contributed by atoms with Crippen LogP contribution in [-0.4, -0.2) is 94.8 Å². The molecule has 6 atom stereocenters. The number of β-lactam (4-membered cyclic amide) rings is 1. The first-order valence-corrected chi connectivity index (χ1v) is 26.7. The van der Waals surface area contributed by atoms with E-state index in [9.17, 15) is 19.8 Å². The third-order valence-corrected chi connectivity index (χ3v) is 27.3. The Hall–Kier alpha value is -2.25. The Morgan fingerprint density at radius 3 is 1.84 bits per heavy atom. The summed E-state index contributed by atoms with van der Waals surface area (Å²) in [6, 6.07) is 18.1. The molecule has 0 aromatic heterocycles. The summed E-state index contributed by atoms with van der Waals surface area (Å²) < 4.78 is 35.7. The lowest BCUT2D eigenvalue weighted by molar-refractivity contribution is -0.350. The Morgan fingerprint density at radius 1 is 0.873 bits per heavy atom. The first-order chi connectivity index (χ1) is 25.5. The van der Waals surface area contributed by atoms with Crippen LogP contribution in [0.5, 0.6) is 0 Å². The van der Waals surface area contributed by atoms with Crippen LogP contribution in [0.2, 0.25) is 40.3 Å². The minimum absolute atomic E-state index is 0.0517. The second kappa shape index (κ2) is 15.8. The van der Waals surface area contributed by atoms with Crippen LogP contribution < -0.4 is 0 Å². The molecule has 1 spiro atoms. The fraction of sp³-hybridized carbons (Fsp3) is 0.659. The molecule has 2 saturated heterocycles. The average Bonchev–Trinajstić information content (AvgIpc) is 3.29. The Balaban J connectivity index is 1.78. The zero-order valence-corrected chi connectivity index (χ0v) is 38.1. The van der Waals surface area contributed by atoms with E-state index in [0.717, 1.165) is 5.56 Å². The van der Waals surface area contributed by atoms with Crippen molar-refractivity contribution in [2.24, 2.45) is 0 Å². The quantitative estimate of drug-likeness (QED) is 0.124. The molecule has 5 rings (SSSR count). The molecule has 2 aliphatic heterocycles. The normalized spacial score (nSPS) is 29.4. The van der Waals surface area contributed by atoms with Gasteiger partial charge in [0.2, 0.25) is 5.91 Å². The number of ether oxygens (including phenoxy) is 1. The van der Waals surface area contributed by atoms with E-state index in [0.29, 0.717) is 5.56 Å². The predicted molar refractivity (Wildman–Crippen MR) is 218 cm³/mol. The van der Waals surface area contributed by atoms with Gasteiger partial charge in [0.15, 0.2) is 13.9 Å². The zero-order chi connectivity index (χ0) is 40.9. The number of nitrogens with zero attached hydrogens (tertiary/aromatic N) is 1. The Labute approximate surface area is 331 Å². The van der Waals surface area contributed by atoms with E-state index >= 15 is 0 Å². The van der Waals surface area contributed by atoms with Gasteiger partial charge in [0.05, 0.1) is 12.0 Å². The van der Waals surface area contributed by atoms with Crippen molar-refractivity contribution in [3.8, 4) is 0 Å². The molecule has 55 heavy (non-hydrogen) atoms. The Morgan fingerprint density at radius 2 is 1.36 bits per heavy atom. The molecule has 2 N–H and O–H groups in total. The number of aliphatic hydroxyl groups is 2. The molecule has 0 unspecified atom stereocenters. The van der Waals surface area contributed by atoms with E-state index in [-0.39, 0.29) is 46.1 Å². The van der Waals surface area contributed by atoms with Crippen LogP contribution in [-0.2, 0) is 38.4 Å². The van der Waals surface area contributed by atoms with Crippen LogP contribution in [0.25, 0.3) is 0 Å². The first kappa shape index (κ1) is 43.9. The maximum Gasteiger partial charge on any atom is 0.338 e. The smallest absolute Gasteiger partial charge is 0.338 e. The predicted octanol–water partition coefficient (Wildman–Crippen LogP) is 7.77. The highest BCUT2D eigenvalue weighted by molar-refractivity contribution is 6.84. The van der Waals surface area contributed by atoms with Crippen LogP contribution in [0.15, 0.2) is 60.7 Å². The van der Waals surface area contributed by atoms with Gasteiger partial charge in [-0.2, -0.15) is 0 Å². The van der Waals surface area contributed by atoms with Crippen LogP contribution in [0.4, 0.5) is 0 Å². The molecule has 14 heteroatoms. The van der Waals surface area contributed by atoms with Crippen molar-refractivity contribution >= 4 is 37.3 Å². The molecule has 2 aromatic rings. The summed E-state index contributed by atoms with van der Waals surface area (Å²) in [5.74, 6) is -0.986. The SMILES string of the molecule is CC(C)[Si]1(C(C)C)O[C@@H]2[C@H](O[Si](C(C)C)(C(C)C)O1)[C@](O)(COC(=O)c1ccccc1)[C@H](O[Si](C)(C)C(C)(C)C)[C@H](O)[C@]21CC(=O)N1OCc1ccccc1. The van der Waals surface area contributed by atoms with E-state index in [1.807, 2.05) is 43.4 Å². The van der Waals surface area contributed by atoms with Crippen molar-refractivity contribution in [2.45, 2.75) is 165 Å². The van der Waals surface area contributed by atoms with Crippen molar-refractivity contribution in [1.29, 1.82) is 0 Å². The number of aliphatic hydroxyl groups excluding tert-OH is 1. The second-order valence-electron chi connectivity index (χ2n) is 18.5. The molecule has 3 aliphatic rings. The lowest BCUT2D eigenvalue weighted by atomic mass is 9.62. The van der Waals surface area contributed by atoms with Gasteiger partial charge in [-0.25, -0.2) is 9.86 Å². The Bertz CT molecular complexity index is 1640. The van der Waals surface area contributed by atoms with E-state index < -0.39 is 73.6 Å². The number of rotatable bonds is 12. The van der Waals surface area contributed by atoms with Crippen LogP contribution in [0, 0.1) is 0 Å². The average molecular weight is 816 g/mol. The third kappa shape index (κ3) is 7.61. The van der Waals surface area contributed by atoms with Gasteiger partial charge < -0.3 is 32.3 Å². The molecule has 2 aromatic carbocycles. The van der Waals surface area contributed by atoms with E-state index in [1.54, 1.807) is 30.3 Å². The highest BCUT2D eigenvalue weighted by Crippen LogP contribution is 2.58. The number of hydrogen-bond donors (Lipinski definition) is 2. The van der Waals surface area contributed by atoms with E-state index in [4.69, 9.17) is 27.0 Å². The summed E-state index contributed by atoms with van der Waals surface area (Å²) in [4.78, 5) is 33.9.